The number of fused-ring (bicyclic) bond motifs is 1. The van der Waals surface area contributed by atoms with Crippen molar-refractivity contribution in [3.05, 3.63) is 71.8 Å². The highest BCUT2D eigenvalue weighted by molar-refractivity contribution is 6.07. The topological polar surface area (TPSA) is 65.5 Å². The van der Waals surface area contributed by atoms with Gasteiger partial charge in [-0.25, -0.2) is 9.78 Å². The number of amides is 2. The molecule has 0 atom stereocenters. The van der Waals surface area contributed by atoms with Crippen LogP contribution in [0, 0.1) is 0 Å². The molecule has 2 aromatic carbocycles. The fourth-order valence-electron chi connectivity index (χ4n) is 4.71. The molecule has 2 aliphatic rings. The van der Waals surface area contributed by atoms with E-state index in [0.29, 0.717) is 11.3 Å². The van der Waals surface area contributed by atoms with Crippen LogP contribution in [0.25, 0.3) is 17.0 Å². The zero-order valence-electron chi connectivity index (χ0n) is 19.4. The van der Waals surface area contributed by atoms with E-state index in [9.17, 15) is 9.59 Å². The first-order valence-corrected chi connectivity index (χ1v) is 12.2. The van der Waals surface area contributed by atoms with Gasteiger partial charge < -0.3 is 15.1 Å². The Kier molecular flexibility index (Phi) is 6.56. The third-order valence-corrected chi connectivity index (χ3v) is 6.62. The molecule has 174 valence electrons. The van der Waals surface area contributed by atoms with E-state index in [2.05, 4.69) is 16.3 Å². The minimum atomic E-state index is -0.0746. The standard InChI is InChI=1S/C28H30N4O2/c33-26(21-10-13-24(14-11-21)29-28(34)32-18-4-1-5-19-32)15-12-23-20-22-8-2-3-9-25(22)30-27(23)31-16-6-7-17-31/h2-3,8-15,20H,1,4-7,16-19H2,(H,29,34). The lowest BCUT2D eigenvalue weighted by molar-refractivity contribution is 0.104. The largest absolute Gasteiger partial charge is 0.356 e. The number of ketones is 1. The van der Waals surface area contributed by atoms with Gasteiger partial charge in [0.2, 0.25) is 0 Å². The van der Waals surface area contributed by atoms with Gasteiger partial charge in [0.15, 0.2) is 5.78 Å². The summed E-state index contributed by atoms with van der Waals surface area (Å²) in [5.74, 6) is 0.866. The maximum Gasteiger partial charge on any atom is 0.321 e. The van der Waals surface area contributed by atoms with Crippen molar-refractivity contribution in [3.8, 4) is 0 Å². The molecule has 6 heteroatoms. The van der Waals surface area contributed by atoms with Crippen molar-refractivity contribution < 1.29 is 9.59 Å². The number of anilines is 2. The first kappa shape index (κ1) is 22.1. The Bertz CT molecular complexity index is 1210. The Balaban J connectivity index is 1.31. The highest BCUT2D eigenvalue weighted by Gasteiger charge is 2.18. The summed E-state index contributed by atoms with van der Waals surface area (Å²) in [4.78, 5) is 34.3. The van der Waals surface area contributed by atoms with Crippen LogP contribution in [0.15, 0.2) is 60.7 Å². The van der Waals surface area contributed by atoms with E-state index in [1.165, 1.54) is 6.42 Å². The molecule has 0 unspecified atom stereocenters. The maximum atomic E-state index is 12.9. The number of allylic oxidation sites excluding steroid dienone is 1. The van der Waals surface area contributed by atoms with Crippen molar-refractivity contribution >= 4 is 40.3 Å². The summed E-state index contributed by atoms with van der Waals surface area (Å²) >= 11 is 0. The number of nitrogens with one attached hydrogen (secondary N) is 1. The fraction of sp³-hybridized carbons (Fsp3) is 0.321. The van der Waals surface area contributed by atoms with Crippen LogP contribution in [0.5, 0.6) is 0 Å². The summed E-state index contributed by atoms with van der Waals surface area (Å²) in [5, 5.41) is 4.00. The van der Waals surface area contributed by atoms with Crippen LogP contribution in [0.1, 0.15) is 48.0 Å². The first-order valence-electron chi connectivity index (χ1n) is 12.2. The minimum absolute atomic E-state index is 0.0723. The second kappa shape index (κ2) is 10.1. The third-order valence-electron chi connectivity index (χ3n) is 6.62. The first-order chi connectivity index (χ1) is 16.7. The van der Waals surface area contributed by atoms with Crippen molar-refractivity contribution in [1.82, 2.24) is 9.88 Å². The van der Waals surface area contributed by atoms with E-state index in [0.717, 1.165) is 74.1 Å². The van der Waals surface area contributed by atoms with Crippen LogP contribution in [0.2, 0.25) is 0 Å². The predicted molar refractivity (Wildman–Crippen MR) is 137 cm³/mol. The van der Waals surface area contributed by atoms with Crippen molar-refractivity contribution in [1.29, 1.82) is 0 Å². The van der Waals surface area contributed by atoms with Gasteiger partial charge in [-0.3, -0.25) is 4.79 Å². The highest BCUT2D eigenvalue weighted by Crippen LogP contribution is 2.27. The van der Waals surface area contributed by atoms with Gasteiger partial charge in [-0.05, 0) is 80.7 Å². The van der Waals surface area contributed by atoms with Gasteiger partial charge in [0, 0.05) is 48.4 Å². The number of benzene rings is 2. The Morgan fingerprint density at radius 1 is 0.853 bits per heavy atom. The van der Waals surface area contributed by atoms with Gasteiger partial charge in [-0.2, -0.15) is 0 Å². The molecule has 0 radical (unpaired) electrons. The molecule has 3 aromatic rings. The minimum Gasteiger partial charge on any atom is -0.356 e. The van der Waals surface area contributed by atoms with Gasteiger partial charge >= 0.3 is 6.03 Å². The van der Waals surface area contributed by atoms with Crippen molar-refractivity contribution in [2.75, 3.05) is 36.4 Å². The summed E-state index contributed by atoms with van der Waals surface area (Å²) in [7, 11) is 0. The number of urea groups is 1. The summed E-state index contributed by atoms with van der Waals surface area (Å²) in [5.41, 5.74) is 3.21. The Morgan fingerprint density at radius 2 is 1.56 bits per heavy atom. The second-order valence-electron chi connectivity index (χ2n) is 9.04. The van der Waals surface area contributed by atoms with Crippen molar-refractivity contribution in [3.63, 3.8) is 0 Å². The zero-order valence-corrected chi connectivity index (χ0v) is 19.4. The SMILES string of the molecule is O=C(C=Cc1cc2ccccc2nc1N1CCCC1)c1ccc(NC(=O)N2CCCCC2)cc1. The Morgan fingerprint density at radius 3 is 2.32 bits per heavy atom. The maximum absolute atomic E-state index is 12.9. The molecule has 0 saturated carbocycles. The molecule has 5 rings (SSSR count). The number of carbonyl (C=O) groups is 2. The fourth-order valence-corrected chi connectivity index (χ4v) is 4.71. The number of para-hydroxylation sites is 1. The van der Waals surface area contributed by atoms with Crippen molar-refractivity contribution in [2.24, 2.45) is 0 Å². The molecule has 1 N–H and O–H groups in total. The number of nitrogens with zero attached hydrogens (tertiary/aromatic N) is 3. The molecule has 3 heterocycles. The van der Waals surface area contributed by atoms with E-state index in [-0.39, 0.29) is 11.8 Å². The number of hydrogen-bond acceptors (Lipinski definition) is 4. The van der Waals surface area contributed by atoms with E-state index in [1.807, 2.05) is 35.2 Å². The van der Waals surface area contributed by atoms with E-state index in [1.54, 1.807) is 30.3 Å². The van der Waals surface area contributed by atoms with Gasteiger partial charge in [-0.1, -0.05) is 18.2 Å². The summed E-state index contributed by atoms with van der Waals surface area (Å²) in [6, 6.07) is 17.2. The zero-order chi connectivity index (χ0) is 23.3. The lowest BCUT2D eigenvalue weighted by atomic mass is 10.1. The average Bonchev–Trinajstić information content (AvgIpc) is 3.42. The number of carbonyl (C=O) groups excluding carboxylic acids is 2. The number of likely N-dealkylation sites (tertiary alicyclic amines) is 1. The van der Waals surface area contributed by atoms with Gasteiger partial charge in [0.25, 0.3) is 0 Å². The predicted octanol–water partition coefficient (Wildman–Crippen LogP) is 5.75. The Labute approximate surface area is 200 Å². The quantitative estimate of drug-likeness (QED) is 0.394. The van der Waals surface area contributed by atoms with E-state index in [4.69, 9.17) is 4.98 Å². The van der Waals surface area contributed by atoms with E-state index >= 15 is 0 Å². The molecule has 0 aliphatic carbocycles. The number of pyridine rings is 1. The molecule has 0 spiro atoms. The molecule has 0 bridgehead atoms. The summed E-state index contributed by atoms with van der Waals surface area (Å²) < 4.78 is 0. The molecular weight excluding hydrogens is 424 g/mol. The molecule has 2 amide bonds. The molecule has 2 saturated heterocycles. The van der Waals surface area contributed by atoms with E-state index < -0.39 is 0 Å². The third kappa shape index (κ3) is 4.96. The van der Waals surface area contributed by atoms with Gasteiger partial charge in [0.05, 0.1) is 5.52 Å². The smallest absolute Gasteiger partial charge is 0.321 e. The molecular formula is C28H30N4O2. The molecule has 1 aromatic heterocycles. The lowest BCUT2D eigenvalue weighted by Gasteiger charge is -2.26. The number of aromatic nitrogens is 1. The molecule has 2 fully saturated rings. The second-order valence-corrected chi connectivity index (χ2v) is 9.04. The van der Waals surface area contributed by atoms with Crippen LogP contribution in [-0.2, 0) is 0 Å². The monoisotopic (exact) mass is 454 g/mol. The highest BCUT2D eigenvalue weighted by atomic mass is 16.2. The normalized spacial score (nSPS) is 16.4. The van der Waals surface area contributed by atoms with Crippen LogP contribution in [-0.4, -0.2) is 47.9 Å². The summed E-state index contributed by atoms with van der Waals surface area (Å²) in [6.07, 6.45) is 9.12. The molecule has 6 nitrogen and oxygen atoms in total. The van der Waals surface area contributed by atoms with Gasteiger partial charge in [-0.15, -0.1) is 0 Å². The number of hydrogen-bond donors (Lipinski definition) is 1. The Hall–Kier alpha value is -3.67. The summed E-state index contributed by atoms with van der Waals surface area (Å²) in [6.45, 7) is 3.59. The average molecular weight is 455 g/mol. The van der Waals surface area contributed by atoms with Crippen LogP contribution in [0.4, 0.5) is 16.3 Å². The number of piperidine rings is 1. The molecule has 34 heavy (non-hydrogen) atoms. The van der Waals surface area contributed by atoms with Crippen LogP contribution < -0.4 is 10.2 Å². The molecule has 2 aliphatic heterocycles. The van der Waals surface area contributed by atoms with Crippen LogP contribution in [0.3, 0.4) is 0 Å². The van der Waals surface area contributed by atoms with Gasteiger partial charge in [0.1, 0.15) is 5.82 Å². The lowest BCUT2D eigenvalue weighted by Crippen LogP contribution is -2.38. The number of rotatable bonds is 5. The van der Waals surface area contributed by atoms with Crippen molar-refractivity contribution in [2.45, 2.75) is 32.1 Å². The van der Waals surface area contributed by atoms with Crippen LogP contribution >= 0.6 is 0 Å².